The zero-order valence-corrected chi connectivity index (χ0v) is 12.5. The highest BCUT2D eigenvalue weighted by molar-refractivity contribution is 5.87. The van der Waals surface area contributed by atoms with E-state index in [-0.39, 0.29) is 5.56 Å². The molecule has 0 saturated heterocycles. The van der Waals surface area contributed by atoms with Crippen LogP contribution in [0.15, 0.2) is 24.3 Å². The molecular formula is C16H23NO4. The summed E-state index contributed by atoms with van der Waals surface area (Å²) in [4.78, 5) is 13.2. The Hall–Kier alpha value is -1.59. The van der Waals surface area contributed by atoms with Gasteiger partial charge in [0.2, 0.25) is 0 Å². The van der Waals surface area contributed by atoms with Gasteiger partial charge in [0.05, 0.1) is 18.8 Å². The molecule has 1 aromatic rings. The predicted molar refractivity (Wildman–Crippen MR) is 80.0 cm³/mol. The van der Waals surface area contributed by atoms with Crippen molar-refractivity contribution in [1.82, 2.24) is 4.90 Å². The van der Waals surface area contributed by atoms with Gasteiger partial charge in [-0.3, -0.25) is 4.90 Å². The predicted octanol–water partition coefficient (Wildman–Crippen LogP) is 2.26. The molecule has 1 aliphatic carbocycles. The van der Waals surface area contributed by atoms with Crippen molar-refractivity contribution in [2.75, 3.05) is 33.4 Å². The Bertz CT molecular complexity index is 442. The summed E-state index contributed by atoms with van der Waals surface area (Å²) in [5.41, 5.74) is 0.279. The molecule has 0 unspecified atom stereocenters. The van der Waals surface area contributed by atoms with Gasteiger partial charge in [-0.05, 0) is 43.5 Å². The van der Waals surface area contributed by atoms with Crippen molar-refractivity contribution in [3.05, 3.63) is 29.8 Å². The molecule has 2 rings (SSSR count). The topological polar surface area (TPSA) is 59.0 Å². The third-order valence-electron chi connectivity index (χ3n) is 3.61. The van der Waals surface area contributed by atoms with Crippen LogP contribution in [0.25, 0.3) is 0 Å². The van der Waals surface area contributed by atoms with E-state index < -0.39 is 5.97 Å². The van der Waals surface area contributed by atoms with E-state index in [0.29, 0.717) is 6.61 Å². The third-order valence-corrected chi connectivity index (χ3v) is 3.61. The van der Waals surface area contributed by atoms with Gasteiger partial charge in [-0.1, -0.05) is 0 Å². The monoisotopic (exact) mass is 293 g/mol. The second-order valence-electron chi connectivity index (χ2n) is 5.29. The molecule has 0 aliphatic heterocycles. The maximum absolute atomic E-state index is 10.7. The number of aromatic carboxylic acids is 1. The van der Waals surface area contributed by atoms with Gasteiger partial charge in [0.25, 0.3) is 0 Å². The fourth-order valence-corrected chi connectivity index (χ4v) is 2.28. The lowest BCUT2D eigenvalue weighted by Crippen LogP contribution is -2.31. The molecule has 1 aliphatic rings. The molecule has 0 heterocycles. The highest BCUT2D eigenvalue weighted by Gasteiger charge is 2.27. The minimum absolute atomic E-state index is 0.279. The fourth-order valence-electron chi connectivity index (χ4n) is 2.28. The zero-order valence-electron chi connectivity index (χ0n) is 12.5. The molecule has 0 bridgehead atoms. The van der Waals surface area contributed by atoms with Crippen LogP contribution in [0, 0.1) is 0 Å². The van der Waals surface area contributed by atoms with E-state index in [1.54, 1.807) is 31.4 Å². The minimum atomic E-state index is -0.917. The number of benzene rings is 1. The molecule has 1 saturated carbocycles. The molecule has 5 nitrogen and oxygen atoms in total. The minimum Gasteiger partial charge on any atom is -0.494 e. The summed E-state index contributed by atoms with van der Waals surface area (Å²) >= 11 is 0. The summed E-state index contributed by atoms with van der Waals surface area (Å²) < 4.78 is 10.8. The maximum Gasteiger partial charge on any atom is 0.335 e. The number of hydrogen-bond acceptors (Lipinski definition) is 4. The number of methoxy groups -OCH3 is 1. The summed E-state index contributed by atoms with van der Waals surface area (Å²) in [6, 6.07) is 7.26. The van der Waals surface area contributed by atoms with Crippen LogP contribution in [-0.2, 0) is 4.74 Å². The van der Waals surface area contributed by atoms with E-state index in [1.807, 2.05) is 0 Å². The molecule has 0 radical (unpaired) electrons. The van der Waals surface area contributed by atoms with E-state index >= 15 is 0 Å². The first-order valence-electron chi connectivity index (χ1n) is 7.40. The zero-order chi connectivity index (χ0) is 15.1. The van der Waals surface area contributed by atoms with Crippen molar-refractivity contribution < 1.29 is 19.4 Å². The van der Waals surface area contributed by atoms with Crippen LogP contribution in [0.2, 0.25) is 0 Å². The molecule has 0 atom stereocenters. The second kappa shape index (κ2) is 8.00. The standard InChI is InChI=1S/C16H23NO4/c1-20-12-10-17(14-5-6-14)9-2-11-21-15-7-3-13(4-8-15)16(18)19/h3-4,7-8,14H,2,5-6,9-12H2,1H3,(H,18,19). The molecule has 0 spiro atoms. The van der Waals surface area contributed by atoms with Crippen molar-refractivity contribution in [3.8, 4) is 5.75 Å². The number of carboxylic acids is 1. The summed E-state index contributed by atoms with van der Waals surface area (Å²) in [6.45, 7) is 3.41. The lowest BCUT2D eigenvalue weighted by molar-refractivity contribution is 0.0697. The van der Waals surface area contributed by atoms with Gasteiger partial charge < -0.3 is 14.6 Å². The molecule has 1 N–H and O–H groups in total. The Morgan fingerprint density at radius 3 is 2.52 bits per heavy atom. The van der Waals surface area contributed by atoms with Gasteiger partial charge in [-0.15, -0.1) is 0 Å². The maximum atomic E-state index is 10.7. The Kier molecular flexibility index (Phi) is 6.02. The Balaban J connectivity index is 1.67. The number of ether oxygens (including phenoxy) is 2. The summed E-state index contributed by atoms with van der Waals surface area (Å²) in [5, 5.41) is 8.82. The van der Waals surface area contributed by atoms with Crippen molar-refractivity contribution >= 4 is 5.97 Å². The number of hydrogen-bond donors (Lipinski definition) is 1. The second-order valence-corrected chi connectivity index (χ2v) is 5.29. The molecule has 21 heavy (non-hydrogen) atoms. The summed E-state index contributed by atoms with van der Waals surface area (Å²) in [7, 11) is 1.73. The normalized spacial score (nSPS) is 14.4. The lowest BCUT2D eigenvalue weighted by Gasteiger charge is -2.21. The molecule has 1 fully saturated rings. The first-order chi connectivity index (χ1) is 10.2. The number of rotatable bonds is 10. The van der Waals surface area contributed by atoms with Crippen LogP contribution in [0.5, 0.6) is 5.75 Å². The van der Waals surface area contributed by atoms with Crippen molar-refractivity contribution in [2.24, 2.45) is 0 Å². The quantitative estimate of drug-likeness (QED) is 0.671. The number of carboxylic acid groups (broad SMARTS) is 1. The van der Waals surface area contributed by atoms with Crippen molar-refractivity contribution in [1.29, 1.82) is 0 Å². The van der Waals surface area contributed by atoms with Gasteiger partial charge >= 0.3 is 5.97 Å². The van der Waals surface area contributed by atoms with E-state index in [9.17, 15) is 4.79 Å². The summed E-state index contributed by atoms with van der Waals surface area (Å²) in [6.07, 6.45) is 3.54. The van der Waals surface area contributed by atoms with Crippen molar-refractivity contribution in [2.45, 2.75) is 25.3 Å². The van der Waals surface area contributed by atoms with E-state index in [4.69, 9.17) is 14.6 Å². The van der Waals surface area contributed by atoms with Crippen LogP contribution in [0.4, 0.5) is 0 Å². The molecule has 0 amide bonds. The first-order valence-corrected chi connectivity index (χ1v) is 7.40. The Morgan fingerprint density at radius 2 is 1.95 bits per heavy atom. The van der Waals surface area contributed by atoms with Crippen LogP contribution in [-0.4, -0.2) is 55.4 Å². The number of nitrogens with zero attached hydrogens (tertiary/aromatic N) is 1. The van der Waals surface area contributed by atoms with Gasteiger partial charge in [0, 0.05) is 26.2 Å². The van der Waals surface area contributed by atoms with Gasteiger partial charge in [-0.25, -0.2) is 4.79 Å². The molecule has 0 aromatic heterocycles. The molecule has 116 valence electrons. The molecule has 1 aromatic carbocycles. The van der Waals surface area contributed by atoms with E-state index in [2.05, 4.69) is 4.90 Å². The fraction of sp³-hybridized carbons (Fsp3) is 0.562. The SMILES string of the molecule is COCCN(CCCOc1ccc(C(=O)O)cc1)C1CC1. The van der Waals surface area contributed by atoms with Gasteiger partial charge in [0.15, 0.2) is 0 Å². The Morgan fingerprint density at radius 1 is 1.24 bits per heavy atom. The van der Waals surface area contributed by atoms with Crippen molar-refractivity contribution in [3.63, 3.8) is 0 Å². The molecule has 5 heteroatoms. The third kappa shape index (κ3) is 5.36. The van der Waals surface area contributed by atoms with Crippen LogP contribution in [0.3, 0.4) is 0 Å². The van der Waals surface area contributed by atoms with E-state index in [0.717, 1.165) is 37.9 Å². The van der Waals surface area contributed by atoms with Crippen LogP contribution >= 0.6 is 0 Å². The first kappa shape index (κ1) is 15.8. The largest absolute Gasteiger partial charge is 0.494 e. The van der Waals surface area contributed by atoms with Gasteiger partial charge in [-0.2, -0.15) is 0 Å². The smallest absolute Gasteiger partial charge is 0.335 e. The highest BCUT2D eigenvalue weighted by Crippen LogP contribution is 2.26. The summed E-state index contributed by atoms with van der Waals surface area (Å²) in [5.74, 6) is -0.199. The van der Waals surface area contributed by atoms with Gasteiger partial charge in [0.1, 0.15) is 5.75 Å². The van der Waals surface area contributed by atoms with Crippen LogP contribution < -0.4 is 4.74 Å². The Labute approximate surface area is 125 Å². The average molecular weight is 293 g/mol. The number of carbonyl (C=O) groups is 1. The average Bonchev–Trinajstić information content (AvgIpc) is 3.31. The lowest BCUT2D eigenvalue weighted by atomic mass is 10.2. The van der Waals surface area contributed by atoms with Crippen LogP contribution in [0.1, 0.15) is 29.6 Å². The highest BCUT2D eigenvalue weighted by atomic mass is 16.5. The van der Waals surface area contributed by atoms with E-state index in [1.165, 1.54) is 12.8 Å². The molecular weight excluding hydrogens is 270 g/mol.